The number of aryl methyl sites for hydroxylation is 2. The summed E-state index contributed by atoms with van der Waals surface area (Å²) in [5.74, 6) is -2.49. The standard InChI is InChI=1S/C27H34F2N6O3/c1-4-5-22(36)32-24(17-6-7-17)19-12-21-31-20(14-35(21)30-13-19)25(18-8-10-27(28,29)11-9-18)33-26(37)23-15(2)34-38-16(23)3/h12-14,17-18,24-25H,4-11H2,1-3H3,(H,32,36)(H,33,37)/t24-,25+/m1/s1. The van der Waals surface area contributed by atoms with Crippen molar-refractivity contribution in [1.82, 2.24) is 30.4 Å². The molecule has 0 saturated heterocycles. The minimum absolute atomic E-state index is 0.0181. The van der Waals surface area contributed by atoms with Crippen LogP contribution in [0.5, 0.6) is 0 Å². The first-order valence-electron chi connectivity index (χ1n) is 13.4. The van der Waals surface area contributed by atoms with Gasteiger partial charge < -0.3 is 15.2 Å². The Morgan fingerprint density at radius 2 is 1.84 bits per heavy atom. The van der Waals surface area contributed by atoms with Crippen LogP contribution in [0.3, 0.4) is 0 Å². The predicted octanol–water partition coefficient (Wildman–Crippen LogP) is 5.00. The molecule has 204 valence electrons. The molecule has 0 bridgehead atoms. The Balaban J connectivity index is 1.44. The van der Waals surface area contributed by atoms with Crippen molar-refractivity contribution in [3.8, 4) is 0 Å². The van der Waals surface area contributed by atoms with Crippen LogP contribution < -0.4 is 10.6 Å². The molecular weight excluding hydrogens is 494 g/mol. The summed E-state index contributed by atoms with van der Waals surface area (Å²) in [5.41, 5.74) is 2.82. The topological polar surface area (TPSA) is 114 Å². The first kappa shape index (κ1) is 26.2. The van der Waals surface area contributed by atoms with E-state index < -0.39 is 12.0 Å². The third-order valence-corrected chi connectivity index (χ3v) is 7.70. The minimum atomic E-state index is -2.69. The molecule has 2 amide bonds. The summed E-state index contributed by atoms with van der Waals surface area (Å²) >= 11 is 0. The van der Waals surface area contributed by atoms with E-state index in [1.54, 1.807) is 30.8 Å². The van der Waals surface area contributed by atoms with E-state index in [0.717, 1.165) is 24.8 Å². The highest BCUT2D eigenvalue weighted by Crippen LogP contribution is 2.43. The molecule has 11 heteroatoms. The van der Waals surface area contributed by atoms with Crippen LogP contribution >= 0.6 is 0 Å². The number of nitrogens with zero attached hydrogens (tertiary/aromatic N) is 4. The molecule has 2 atom stereocenters. The molecule has 0 aromatic carbocycles. The number of halogens is 2. The SMILES string of the molecule is CCCC(=O)N[C@@H](c1cnn2cc([C@@H](NC(=O)c3c(C)noc3C)C3CCC(F)(F)CC3)nc2c1)C1CC1. The van der Waals surface area contributed by atoms with Gasteiger partial charge in [0.15, 0.2) is 5.65 Å². The number of carbonyl (C=O) groups excluding carboxylic acids is 2. The zero-order chi connectivity index (χ0) is 27.0. The van der Waals surface area contributed by atoms with E-state index in [9.17, 15) is 18.4 Å². The number of imidazole rings is 1. The molecule has 0 aliphatic heterocycles. The highest BCUT2D eigenvalue weighted by molar-refractivity contribution is 5.96. The fourth-order valence-electron chi connectivity index (χ4n) is 5.46. The quantitative estimate of drug-likeness (QED) is 0.404. The lowest BCUT2D eigenvalue weighted by Crippen LogP contribution is -2.37. The predicted molar refractivity (Wildman–Crippen MR) is 135 cm³/mol. The second kappa shape index (κ2) is 10.4. The molecule has 0 radical (unpaired) electrons. The first-order chi connectivity index (χ1) is 18.1. The number of nitrogens with one attached hydrogen (secondary N) is 2. The third kappa shape index (κ3) is 5.56. The monoisotopic (exact) mass is 528 g/mol. The zero-order valence-corrected chi connectivity index (χ0v) is 22.0. The van der Waals surface area contributed by atoms with Crippen molar-refractivity contribution < 1.29 is 22.9 Å². The normalized spacial score (nSPS) is 19.3. The minimum Gasteiger partial charge on any atom is -0.361 e. The second-order valence-electron chi connectivity index (χ2n) is 10.7. The number of hydrogen-bond acceptors (Lipinski definition) is 6. The Kier molecular flexibility index (Phi) is 7.19. The zero-order valence-electron chi connectivity index (χ0n) is 22.0. The van der Waals surface area contributed by atoms with Gasteiger partial charge >= 0.3 is 0 Å². The third-order valence-electron chi connectivity index (χ3n) is 7.70. The number of hydrogen-bond donors (Lipinski definition) is 2. The molecule has 3 heterocycles. The molecule has 3 aromatic heterocycles. The molecule has 2 fully saturated rings. The number of alkyl halides is 2. The van der Waals surface area contributed by atoms with E-state index in [4.69, 9.17) is 9.51 Å². The van der Waals surface area contributed by atoms with Gasteiger partial charge in [-0.15, -0.1) is 0 Å². The lowest BCUT2D eigenvalue weighted by molar-refractivity contribution is -0.122. The van der Waals surface area contributed by atoms with Crippen LogP contribution in [0.1, 0.15) is 103 Å². The van der Waals surface area contributed by atoms with Gasteiger partial charge in [0.25, 0.3) is 5.91 Å². The van der Waals surface area contributed by atoms with E-state index in [1.807, 2.05) is 13.0 Å². The van der Waals surface area contributed by atoms with Gasteiger partial charge in [-0.1, -0.05) is 12.1 Å². The number of rotatable bonds is 9. The fraction of sp³-hybridized carbons (Fsp3) is 0.593. The second-order valence-corrected chi connectivity index (χ2v) is 10.7. The van der Waals surface area contributed by atoms with Crippen LogP contribution in [0.15, 0.2) is 23.0 Å². The van der Waals surface area contributed by atoms with Gasteiger partial charge in [-0.3, -0.25) is 9.59 Å². The van der Waals surface area contributed by atoms with Gasteiger partial charge in [0, 0.05) is 19.3 Å². The molecular formula is C27H34F2N6O3. The van der Waals surface area contributed by atoms with Crippen LogP contribution in [0, 0.1) is 25.7 Å². The van der Waals surface area contributed by atoms with E-state index >= 15 is 0 Å². The number of amides is 2. The van der Waals surface area contributed by atoms with Crippen LogP contribution in [0.4, 0.5) is 8.78 Å². The maximum absolute atomic E-state index is 14.0. The Morgan fingerprint density at radius 3 is 2.47 bits per heavy atom. The summed E-state index contributed by atoms with van der Waals surface area (Å²) in [7, 11) is 0. The summed E-state index contributed by atoms with van der Waals surface area (Å²) in [6.45, 7) is 5.32. The van der Waals surface area contributed by atoms with E-state index in [-0.39, 0.29) is 49.5 Å². The lowest BCUT2D eigenvalue weighted by atomic mass is 9.81. The van der Waals surface area contributed by atoms with Crippen LogP contribution in [-0.2, 0) is 4.79 Å². The number of fused-ring (bicyclic) bond motifs is 1. The summed E-state index contributed by atoms with van der Waals surface area (Å²) in [4.78, 5) is 30.4. The largest absolute Gasteiger partial charge is 0.361 e. The highest BCUT2D eigenvalue weighted by atomic mass is 19.3. The molecule has 2 saturated carbocycles. The number of carbonyl (C=O) groups is 2. The van der Waals surface area contributed by atoms with Gasteiger partial charge in [-0.2, -0.15) is 5.10 Å². The van der Waals surface area contributed by atoms with Crippen molar-refractivity contribution in [3.63, 3.8) is 0 Å². The molecule has 2 aliphatic carbocycles. The Bertz CT molecular complexity index is 1300. The number of aromatic nitrogens is 4. The molecule has 5 rings (SSSR count). The van der Waals surface area contributed by atoms with Crippen LogP contribution in [0.2, 0.25) is 0 Å². The molecule has 2 N–H and O–H groups in total. The highest BCUT2D eigenvalue weighted by Gasteiger charge is 2.40. The Labute approximate surface area is 219 Å². The first-order valence-corrected chi connectivity index (χ1v) is 13.4. The van der Waals surface area contributed by atoms with Crippen molar-refractivity contribution >= 4 is 17.5 Å². The Morgan fingerprint density at radius 1 is 1.13 bits per heavy atom. The van der Waals surface area contributed by atoms with Crippen molar-refractivity contribution in [1.29, 1.82) is 0 Å². The lowest BCUT2D eigenvalue weighted by Gasteiger charge is -2.33. The van der Waals surface area contributed by atoms with Gasteiger partial charge in [-0.05, 0) is 69.4 Å². The maximum Gasteiger partial charge on any atom is 0.257 e. The van der Waals surface area contributed by atoms with Crippen LogP contribution in [0.25, 0.3) is 5.65 Å². The summed E-state index contributed by atoms with van der Waals surface area (Å²) in [6, 6.07) is 1.21. The molecule has 9 nitrogen and oxygen atoms in total. The van der Waals surface area contributed by atoms with E-state index in [2.05, 4.69) is 20.9 Å². The fourth-order valence-corrected chi connectivity index (χ4v) is 5.46. The molecule has 2 aliphatic rings. The average molecular weight is 529 g/mol. The van der Waals surface area contributed by atoms with Gasteiger partial charge in [0.05, 0.1) is 35.9 Å². The van der Waals surface area contributed by atoms with Crippen molar-refractivity contribution in [2.24, 2.45) is 11.8 Å². The van der Waals surface area contributed by atoms with Crippen molar-refractivity contribution in [2.45, 2.75) is 90.1 Å². The van der Waals surface area contributed by atoms with Crippen LogP contribution in [-0.4, -0.2) is 37.5 Å². The van der Waals surface area contributed by atoms with Crippen molar-refractivity contribution in [3.05, 3.63) is 46.7 Å². The van der Waals surface area contributed by atoms with Gasteiger partial charge in [0.1, 0.15) is 11.3 Å². The molecule has 0 unspecified atom stereocenters. The Hall–Kier alpha value is -3.37. The smallest absolute Gasteiger partial charge is 0.257 e. The van der Waals surface area contributed by atoms with Crippen molar-refractivity contribution in [2.75, 3.05) is 0 Å². The maximum atomic E-state index is 14.0. The molecule has 0 spiro atoms. The summed E-state index contributed by atoms with van der Waals surface area (Å²) < 4.78 is 34.7. The van der Waals surface area contributed by atoms with Gasteiger partial charge in [0.2, 0.25) is 11.8 Å². The van der Waals surface area contributed by atoms with Gasteiger partial charge in [-0.25, -0.2) is 18.3 Å². The average Bonchev–Trinajstić information content (AvgIpc) is 3.53. The van der Waals surface area contributed by atoms with E-state index in [1.165, 1.54) is 0 Å². The van der Waals surface area contributed by atoms with E-state index in [0.29, 0.717) is 40.7 Å². The molecule has 38 heavy (non-hydrogen) atoms. The molecule has 3 aromatic rings. The summed E-state index contributed by atoms with van der Waals surface area (Å²) in [6.07, 6.45) is 6.89. The summed E-state index contributed by atoms with van der Waals surface area (Å²) in [5, 5.41) is 14.6.